The molecule has 0 bridgehead atoms. The normalized spacial score (nSPS) is 22.7. The van der Waals surface area contributed by atoms with Gasteiger partial charge in [0.05, 0.1) is 13.7 Å². The van der Waals surface area contributed by atoms with Gasteiger partial charge in [0.25, 0.3) is 0 Å². The molecule has 0 aromatic heterocycles. The molecule has 3 aliphatic heterocycles. The number of fused-ring (bicyclic) bond motifs is 1. The first kappa shape index (κ1) is 23.8. The Morgan fingerprint density at radius 3 is 2.67 bits per heavy atom. The summed E-state index contributed by atoms with van der Waals surface area (Å²) in [5, 5.41) is 0. The summed E-state index contributed by atoms with van der Waals surface area (Å²) in [4.78, 5) is 30.8. The summed E-state index contributed by atoms with van der Waals surface area (Å²) in [5.41, 5.74) is 2.40. The van der Waals surface area contributed by atoms with Gasteiger partial charge in [0.15, 0.2) is 0 Å². The summed E-state index contributed by atoms with van der Waals surface area (Å²) in [6, 6.07) is 6.72. The number of nitrogens with zero attached hydrogens (tertiary/aromatic N) is 3. The van der Waals surface area contributed by atoms with Crippen LogP contribution in [0.5, 0.6) is 5.75 Å². The highest BCUT2D eigenvalue weighted by molar-refractivity contribution is 5.75. The number of carbonyl (C=O) groups is 2. The number of carbonyl (C=O) groups excluding carboxylic acids is 2. The number of hydrogen-bond donors (Lipinski definition) is 0. The van der Waals surface area contributed by atoms with Crippen molar-refractivity contribution in [3.05, 3.63) is 29.3 Å². The summed E-state index contributed by atoms with van der Waals surface area (Å²) >= 11 is 0. The van der Waals surface area contributed by atoms with Gasteiger partial charge in [0.2, 0.25) is 0 Å². The van der Waals surface area contributed by atoms with E-state index in [0.717, 1.165) is 77.1 Å². The summed E-state index contributed by atoms with van der Waals surface area (Å²) < 4.78 is 16.3. The fourth-order valence-electron chi connectivity index (χ4n) is 5.32. The highest BCUT2D eigenvalue weighted by Gasteiger charge is 2.31. The number of esters is 1. The van der Waals surface area contributed by atoms with Crippen molar-refractivity contribution in [1.29, 1.82) is 0 Å². The number of methoxy groups -OCH3 is 1. The number of benzene rings is 1. The third kappa shape index (κ3) is 5.79. The van der Waals surface area contributed by atoms with Gasteiger partial charge in [-0.05, 0) is 56.8 Å². The Labute approximate surface area is 196 Å². The van der Waals surface area contributed by atoms with Crippen LogP contribution in [-0.2, 0) is 27.4 Å². The van der Waals surface area contributed by atoms with Gasteiger partial charge in [0, 0.05) is 44.3 Å². The Kier molecular flexibility index (Phi) is 8.09. The lowest BCUT2D eigenvalue weighted by molar-refractivity contribution is -0.148. The lowest BCUT2D eigenvalue weighted by Crippen LogP contribution is -2.47. The number of ether oxygens (including phenoxy) is 3. The van der Waals surface area contributed by atoms with Gasteiger partial charge >= 0.3 is 12.1 Å². The lowest BCUT2D eigenvalue weighted by Gasteiger charge is -2.37. The lowest BCUT2D eigenvalue weighted by atomic mass is 10.00. The molecule has 33 heavy (non-hydrogen) atoms. The smallest absolute Gasteiger partial charge is 0.409 e. The van der Waals surface area contributed by atoms with Gasteiger partial charge < -0.3 is 19.1 Å². The largest absolute Gasteiger partial charge is 0.492 e. The van der Waals surface area contributed by atoms with Crippen molar-refractivity contribution < 1.29 is 23.8 Å². The zero-order chi connectivity index (χ0) is 23.2. The van der Waals surface area contributed by atoms with Crippen molar-refractivity contribution in [2.24, 2.45) is 0 Å². The van der Waals surface area contributed by atoms with Crippen LogP contribution in [-0.4, -0.2) is 85.3 Å². The van der Waals surface area contributed by atoms with Crippen LogP contribution in [0.25, 0.3) is 0 Å². The number of piperidine rings is 2. The van der Waals surface area contributed by atoms with E-state index in [-0.39, 0.29) is 18.1 Å². The highest BCUT2D eigenvalue weighted by Crippen LogP contribution is 2.29. The van der Waals surface area contributed by atoms with E-state index in [1.807, 2.05) is 11.8 Å². The Balaban J connectivity index is 1.40. The topological polar surface area (TPSA) is 71.6 Å². The molecular weight excluding hydrogens is 422 g/mol. The minimum Gasteiger partial charge on any atom is -0.492 e. The minimum absolute atomic E-state index is 0.131. The summed E-state index contributed by atoms with van der Waals surface area (Å²) in [6.07, 6.45) is 4.73. The molecule has 0 saturated carbocycles. The average Bonchev–Trinajstić information content (AvgIpc) is 3.06. The molecule has 2 saturated heterocycles. The van der Waals surface area contributed by atoms with E-state index in [9.17, 15) is 9.59 Å². The standard InChI is InChI=1S/C25H37N3O5/c1-3-32-25(30)26-12-9-21(10-13-26)27-14-15-33-23-8-7-19(16-20(23)18-27)17-28-11-5-4-6-22(28)24(29)31-2/h7-8,16,21-22H,3-6,9-15,17-18H2,1-2H3/t22-/m0/s1. The number of rotatable bonds is 5. The molecule has 1 amide bonds. The van der Waals surface area contributed by atoms with E-state index in [1.165, 1.54) is 18.2 Å². The molecule has 0 aliphatic carbocycles. The van der Waals surface area contributed by atoms with Crippen LogP contribution in [0.2, 0.25) is 0 Å². The molecule has 0 spiro atoms. The van der Waals surface area contributed by atoms with Crippen molar-refractivity contribution in [3.63, 3.8) is 0 Å². The molecule has 0 radical (unpaired) electrons. The van der Waals surface area contributed by atoms with Gasteiger partial charge in [0.1, 0.15) is 18.4 Å². The predicted octanol–water partition coefficient (Wildman–Crippen LogP) is 3.03. The molecule has 182 valence electrons. The maximum absolute atomic E-state index is 12.2. The van der Waals surface area contributed by atoms with Crippen molar-refractivity contribution in [2.45, 2.75) is 64.2 Å². The van der Waals surface area contributed by atoms with Gasteiger partial charge in [-0.3, -0.25) is 14.6 Å². The minimum atomic E-state index is -0.201. The molecule has 1 atom stereocenters. The van der Waals surface area contributed by atoms with Crippen molar-refractivity contribution in [3.8, 4) is 5.75 Å². The Morgan fingerprint density at radius 1 is 1.09 bits per heavy atom. The zero-order valence-electron chi connectivity index (χ0n) is 20.0. The Morgan fingerprint density at radius 2 is 1.91 bits per heavy atom. The summed E-state index contributed by atoms with van der Waals surface area (Å²) in [6.45, 7) is 7.77. The zero-order valence-corrected chi connectivity index (χ0v) is 20.0. The van der Waals surface area contributed by atoms with Crippen LogP contribution in [0.4, 0.5) is 4.79 Å². The van der Waals surface area contributed by atoms with Crippen molar-refractivity contribution >= 4 is 12.1 Å². The molecule has 1 aromatic carbocycles. The molecule has 1 aromatic rings. The SMILES string of the molecule is CCOC(=O)N1CCC(N2CCOc3ccc(CN4CCCC[C@H]4C(=O)OC)cc3C2)CC1. The van der Waals surface area contributed by atoms with Gasteiger partial charge in [-0.2, -0.15) is 0 Å². The van der Waals surface area contributed by atoms with E-state index >= 15 is 0 Å². The first-order valence-electron chi connectivity index (χ1n) is 12.3. The molecule has 4 rings (SSSR count). The fourth-order valence-corrected chi connectivity index (χ4v) is 5.32. The maximum atomic E-state index is 12.2. The number of hydrogen-bond acceptors (Lipinski definition) is 7. The van der Waals surface area contributed by atoms with Crippen molar-refractivity contribution in [1.82, 2.24) is 14.7 Å². The van der Waals surface area contributed by atoms with Crippen LogP contribution in [0, 0.1) is 0 Å². The molecule has 0 N–H and O–H groups in total. The third-order valence-electron chi connectivity index (χ3n) is 7.11. The quantitative estimate of drug-likeness (QED) is 0.627. The first-order chi connectivity index (χ1) is 16.1. The Bertz CT molecular complexity index is 824. The second kappa shape index (κ2) is 11.2. The van der Waals surface area contributed by atoms with E-state index in [2.05, 4.69) is 28.0 Å². The van der Waals surface area contributed by atoms with Crippen LogP contribution >= 0.6 is 0 Å². The van der Waals surface area contributed by atoms with Crippen LogP contribution in [0.3, 0.4) is 0 Å². The second-order valence-corrected chi connectivity index (χ2v) is 9.18. The second-order valence-electron chi connectivity index (χ2n) is 9.18. The van der Waals surface area contributed by atoms with Crippen LogP contribution < -0.4 is 4.74 Å². The predicted molar refractivity (Wildman–Crippen MR) is 124 cm³/mol. The van der Waals surface area contributed by atoms with Crippen LogP contribution in [0.1, 0.15) is 50.2 Å². The average molecular weight is 460 g/mol. The Hall–Kier alpha value is -2.32. The number of amides is 1. The van der Waals surface area contributed by atoms with E-state index in [0.29, 0.717) is 19.3 Å². The van der Waals surface area contributed by atoms with E-state index in [1.54, 1.807) is 0 Å². The molecule has 8 heteroatoms. The summed E-state index contributed by atoms with van der Waals surface area (Å²) in [5.74, 6) is 0.821. The van der Waals surface area contributed by atoms with Crippen molar-refractivity contribution in [2.75, 3.05) is 46.5 Å². The van der Waals surface area contributed by atoms with Gasteiger partial charge in [-0.25, -0.2) is 4.79 Å². The molecule has 0 unspecified atom stereocenters. The molecule has 8 nitrogen and oxygen atoms in total. The monoisotopic (exact) mass is 459 g/mol. The maximum Gasteiger partial charge on any atom is 0.409 e. The molecule has 3 aliphatic rings. The third-order valence-corrected chi connectivity index (χ3v) is 7.11. The van der Waals surface area contributed by atoms with E-state index < -0.39 is 0 Å². The number of likely N-dealkylation sites (tertiary alicyclic amines) is 2. The fraction of sp³-hybridized carbons (Fsp3) is 0.680. The highest BCUT2D eigenvalue weighted by atomic mass is 16.6. The van der Waals surface area contributed by atoms with Crippen LogP contribution in [0.15, 0.2) is 18.2 Å². The molecule has 2 fully saturated rings. The summed E-state index contributed by atoms with van der Waals surface area (Å²) in [7, 11) is 1.47. The van der Waals surface area contributed by atoms with E-state index in [4.69, 9.17) is 14.2 Å². The molecule has 3 heterocycles. The van der Waals surface area contributed by atoms with Gasteiger partial charge in [-0.1, -0.05) is 12.5 Å². The first-order valence-corrected chi connectivity index (χ1v) is 12.3. The van der Waals surface area contributed by atoms with Gasteiger partial charge in [-0.15, -0.1) is 0 Å². The molecular formula is C25H37N3O5.